The van der Waals surface area contributed by atoms with Crippen molar-refractivity contribution < 1.29 is 18.9 Å². The number of nitrogens with zero attached hydrogens (tertiary/aromatic N) is 2. The zero-order valence-corrected chi connectivity index (χ0v) is 26.4. The van der Waals surface area contributed by atoms with E-state index in [1.807, 2.05) is 30.3 Å². The van der Waals surface area contributed by atoms with Crippen molar-refractivity contribution in [2.45, 2.75) is 90.4 Å². The first-order chi connectivity index (χ1) is 20.4. The van der Waals surface area contributed by atoms with Gasteiger partial charge >= 0.3 is 7.12 Å². The number of carbonyl (C=O) groups excluding carboxylic acids is 2. The normalized spacial score (nSPS) is 27.3. The first kappa shape index (κ1) is 31.3. The predicted octanol–water partition coefficient (Wildman–Crippen LogP) is 3.45. The smallest absolute Gasteiger partial charge is 0.404 e. The van der Waals surface area contributed by atoms with Gasteiger partial charge in [0.05, 0.1) is 23.2 Å². The summed E-state index contributed by atoms with van der Waals surface area (Å²) in [5.41, 5.74) is 6.62. The molecule has 1 aromatic heterocycles. The van der Waals surface area contributed by atoms with Gasteiger partial charge in [0.2, 0.25) is 5.91 Å². The van der Waals surface area contributed by atoms with Crippen molar-refractivity contribution in [1.29, 1.82) is 0 Å². The lowest BCUT2D eigenvalue weighted by molar-refractivity contribution is -0.199. The van der Waals surface area contributed by atoms with Crippen LogP contribution in [0.1, 0.15) is 77.2 Å². The minimum absolute atomic E-state index is 0.0204. The SMILES string of the molecule is CN=C(N)NCCC[C@H](NC(=O)c1ccc2ccccc2n1)C(=O)N[C@@H](CC(C)C)B1O[C@@H]2C[C@@H]3C[C@@H](C3(C)C)[C@]2(C)O1. The Bertz CT molecular complexity index is 1370. The van der Waals surface area contributed by atoms with E-state index in [0.717, 1.165) is 23.7 Å². The number of aliphatic imine (C=N–C) groups is 1. The van der Waals surface area contributed by atoms with Crippen LogP contribution in [0.25, 0.3) is 10.9 Å². The molecular weight excluding hydrogens is 543 g/mol. The first-order valence-corrected chi connectivity index (χ1v) is 15.7. The standard InChI is InChI=1S/C32H47BN6O4/c1-19(2)16-27(33-42-26-18-21-17-25(31(21,3)4)32(26,5)43-33)39-29(41)23(12-9-15-36-30(34)35-6)38-28(40)24-14-13-20-10-7-8-11-22(20)37-24/h7-8,10-11,13-14,19,21,23,25-27H,9,12,15-18H2,1-6H3,(H,38,40)(H,39,41)(H3,34,35,36)/t21-,23-,25-,26+,27-,32-/m0/s1. The lowest BCUT2D eigenvalue weighted by Gasteiger charge is -2.64. The molecule has 0 radical (unpaired) electrons. The molecule has 11 heteroatoms. The van der Waals surface area contributed by atoms with Gasteiger partial charge in [0, 0.05) is 19.0 Å². The predicted molar refractivity (Wildman–Crippen MR) is 169 cm³/mol. The van der Waals surface area contributed by atoms with Gasteiger partial charge in [-0.2, -0.15) is 0 Å². The fourth-order valence-electron chi connectivity index (χ4n) is 7.40. The molecule has 10 nitrogen and oxygen atoms in total. The first-order valence-electron chi connectivity index (χ1n) is 15.7. The molecule has 3 saturated carbocycles. The number of hydrogen-bond acceptors (Lipinski definition) is 6. The van der Waals surface area contributed by atoms with Crippen molar-refractivity contribution in [3.05, 3.63) is 42.1 Å². The summed E-state index contributed by atoms with van der Waals surface area (Å²) in [5.74, 6) is 0.672. The molecule has 5 N–H and O–H groups in total. The van der Waals surface area contributed by atoms with Gasteiger partial charge in [0.25, 0.3) is 5.91 Å². The molecule has 1 saturated heterocycles. The van der Waals surface area contributed by atoms with Crippen molar-refractivity contribution in [3.63, 3.8) is 0 Å². The molecule has 1 aliphatic heterocycles. The fourth-order valence-corrected chi connectivity index (χ4v) is 7.40. The summed E-state index contributed by atoms with van der Waals surface area (Å²) >= 11 is 0. The van der Waals surface area contributed by atoms with Crippen LogP contribution in [-0.4, -0.2) is 67.2 Å². The highest BCUT2D eigenvalue weighted by atomic mass is 16.7. The summed E-state index contributed by atoms with van der Waals surface area (Å²) in [4.78, 5) is 35.7. The average Bonchev–Trinajstić information content (AvgIpc) is 3.34. The molecule has 6 rings (SSSR count). The number of amides is 2. The van der Waals surface area contributed by atoms with Crippen molar-refractivity contribution in [3.8, 4) is 0 Å². The lowest BCUT2D eigenvalue weighted by atomic mass is 9.43. The number of nitrogens with one attached hydrogen (secondary N) is 3. The fraction of sp³-hybridized carbons (Fsp3) is 0.625. The van der Waals surface area contributed by atoms with Crippen LogP contribution in [0.3, 0.4) is 0 Å². The van der Waals surface area contributed by atoms with Crippen LogP contribution in [0.15, 0.2) is 41.4 Å². The minimum Gasteiger partial charge on any atom is -0.404 e. The average molecular weight is 591 g/mol. The number of benzene rings is 1. The Morgan fingerprint density at radius 1 is 1.14 bits per heavy atom. The van der Waals surface area contributed by atoms with Gasteiger partial charge in [-0.15, -0.1) is 0 Å². The highest BCUT2D eigenvalue weighted by Crippen LogP contribution is 2.65. The van der Waals surface area contributed by atoms with E-state index in [-0.39, 0.29) is 34.7 Å². The Hall–Kier alpha value is -3.18. The monoisotopic (exact) mass is 590 g/mol. The van der Waals surface area contributed by atoms with Gasteiger partial charge in [-0.3, -0.25) is 14.6 Å². The highest BCUT2D eigenvalue weighted by Gasteiger charge is 2.68. The van der Waals surface area contributed by atoms with Gasteiger partial charge < -0.3 is 31.0 Å². The second-order valence-corrected chi connectivity index (χ2v) is 13.7. The number of nitrogens with two attached hydrogens (primary N) is 1. The molecule has 4 aliphatic rings. The van der Waals surface area contributed by atoms with E-state index in [9.17, 15) is 9.59 Å². The molecular formula is C32H47BN6O4. The number of para-hydroxylation sites is 1. The van der Waals surface area contributed by atoms with Crippen molar-refractivity contribution in [1.82, 2.24) is 20.9 Å². The number of guanidine groups is 1. The summed E-state index contributed by atoms with van der Waals surface area (Å²) in [7, 11) is 1.07. The van der Waals surface area contributed by atoms with Crippen LogP contribution in [0.5, 0.6) is 0 Å². The molecule has 43 heavy (non-hydrogen) atoms. The third-order valence-electron chi connectivity index (χ3n) is 10.0. The zero-order chi connectivity index (χ0) is 30.9. The van der Waals surface area contributed by atoms with E-state index in [0.29, 0.717) is 49.5 Å². The van der Waals surface area contributed by atoms with E-state index in [4.69, 9.17) is 15.0 Å². The summed E-state index contributed by atoms with van der Waals surface area (Å²) in [6.07, 6.45) is 3.84. The molecule has 2 bridgehead atoms. The third kappa shape index (κ3) is 6.38. The molecule has 1 aromatic carbocycles. The van der Waals surface area contributed by atoms with Crippen LogP contribution < -0.4 is 21.7 Å². The summed E-state index contributed by atoms with van der Waals surface area (Å²) in [6, 6.07) is 10.4. The van der Waals surface area contributed by atoms with Gasteiger partial charge in [-0.05, 0) is 74.3 Å². The largest absolute Gasteiger partial charge is 0.481 e. The van der Waals surface area contributed by atoms with Gasteiger partial charge in [0.15, 0.2) is 5.96 Å². The van der Waals surface area contributed by atoms with Gasteiger partial charge in [-0.25, -0.2) is 4.98 Å². The topological polar surface area (TPSA) is 140 Å². The zero-order valence-electron chi connectivity index (χ0n) is 26.4. The van der Waals surface area contributed by atoms with Crippen LogP contribution >= 0.6 is 0 Å². The molecule has 3 aliphatic carbocycles. The maximum absolute atomic E-state index is 13.9. The maximum Gasteiger partial charge on any atom is 0.481 e. The highest BCUT2D eigenvalue weighted by molar-refractivity contribution is 6.48. The van der Waals surface area contributed by atoms with Crippen molar-refractivity contribution >= 4 is 35.8 Å². The van der Waals surface area contributed by atoms with E-state index in [1.165, 1.54) is 0 Å². The number of hydrogen-bond donors (Lipinski definition) is 4. The van der Waals surface area contributed by atoms with Crippen LogP contribution in [0.2, 0.25) is 0 Å². The third-order valence-corrected chi connectivity index (χ3v) is 10.0. The van der Waals surface area contributed by atoms with Crippen LogP contribution in [-0.2, 0) is 14.1 Å². The number of carbonyl (C=O) groups is 2. The summed E-state index contributed by atoms with van der Waals surface area (Å²) in [6.45, 7) is 11.6. The molecule has 2 amide bonds. The van der Waals surface area contributed by atoms with E-state index >= 15 is 0 Å². The second kappa shape index (κ2) is 12.4. The van der Waals surface area contributed by atoms with Crippen LogP contribution in [0, 0.1) is 23.2 Å². The van der Waals surface area contributed by atoms with E-state index < -0.39 is 19.1 Å². The van der Waals surface area contributed by atoms with E-state index in [1.54, 1.807) is 13.1 Å². The Kier molecular flexibility index (Phi) is 9.04. The Labute approximate surface area is 255 Å². The quantitative estimate of drug-likeness (QED) is 0.136. The summed E-state index contributed by atoms with van der Waals surface area (Å²) < 4.78 is 13.3. The number of aromatic nitrogens is 1. The van der Waals surface area contributed by atoms with Crippen molar-refractivity contribution in [2.75, 3.05) is 13.6 Å². The lowest BCUT2D eigenvalue weighted by Crippen LogP contribution is -2.65. The van der Waals surface area contributed by atoms with Crippen molar-refractivity contribution in [2.24, 2.45) is 33.9 Å². The molecule has 4 fully saturated rings. The second-order valence-electron chi connectivity index (χ2n) is 13.7. The number of rotatable bonds is 11. The minimum atomic E-state index is -0.789. The Morgan fingerprint density at radius 2 is 1.91 bits per heavy atom. The molecule has 0 unspecified atom stereocenters. The Balaban J connectivity index is 1.31. The molecule has 2 heterocycles. The molecule has 0 spiro atoms. The Morgan fingerprint density at radius 3 is 2.63 bits per heavy atom. The number of fused-ring (bicyclic) bond motifs is 1. The maximum atomic E-state index is 13.9. The van der Waals surface area contributed by atoms with Gasteiger partial charge in [0.1, 0.15) is 11.7 Å². The molecule has 232 valence electrons. The molecule has 2 aromatic rings. The summed E-state index contributed by atoms with van der Waals surface area (Å²) in [5, 5.41) is 10.1. The number of pyridine rings is 1. The van der Waals surface area contributed by atoms with Crippen LogP contribution in [0.4, 0.5) is 0 Å². The molecule has 6 atom stereocenters. The van der Waals surface area contributed by atoms with E-state index in [2.05, 4.69) is 60.5 Å². The van der Waals surface area contributed by atoms with Gasteiger partial charge in [-0.1, -0.05) is 52.0 Å².